The quantitative estimate of drug-likeness (QED) is 0.251. The lowest BCUT2D eigenvalue weighted by Crippen LogP contribution is -2.34. The van der Waals surface area contributed by atoms with Gasteiger partial charge in [-0.1, -0.05) is 50.1 Å². The Hall–Kier alpha value is -3.00. The summed E-state index contributed by atoms with van der Waals surface area (Å²) in [7, 11) is 3.11. The number of carbonyl (C=O) groups excluding carboxylic acids is 1. The Balaban J connectivity index is 1.91. The highest BCUT2D eigenvalue weighted by molar-refractivity contribution is 7.99. The monoisotopic (exact) mass is 469 g/mol. The minimum Gasteiger partial charge on any atom is -0.493 e. The number of hydrogen-bond acceptors (Lipinski definition) is 6. The number of aromatic nitrogens is 2. The Labute approximate surface area is 198 Å². The van der Waals surface area contributed by atoms with Crippen molar-refractivity contribution >= 4 is 28.6 Å². The van der Waals surface area contributed by atoms with Crippen LogP contribution in [0.15, 0.2) is 52.4 Å². The molecule has 1 unspecified atom stereocenters. The summed E-state index contributed by atoms with van der Waals surface area (Å²) in [5, 5.41) is 3.99. The van der Waals surface area contributed by atoms with Gasteiger partial charge in [0.2, 0.25) is 5.91 Å². The third-order valence-electron chi connectivity index (χ3n) is 5.35. The summed E-state index contributed by atoms with van der Waals surface area (Å²) in [5.74, 6) is 1.15. The highest BCUT2D eigenvalue weighted by Gasteiger charge is 2.17. The van der Waals surface area contributed by atoms with Gasteiger partial charge in [0, 0.05) is 12.1 Å². The molecule has 0 spiro atoms. The minimum atomic E-state index is -0.205. The first-order valence-electron chi connectivity index (χ1n) is 11.1. The molecule has 0 saturated heterocycles. The van der Waals surface area contributed by atoms with Crippen LogP contribution in [-0.2, 0) is 4.79 Å². The predicted molar refractivity (Wildman–Crippen MR) is 133 cm³/mol. The van der Waals surface area contributed by atoms with E-state index in [2.05, 4.69) is 12.2 Å². The van der Waals surface area contributed by atoms with E-state index in [4.69, 9.17) is 14.5 Å². The van der Waals surface area contributed by atoms with Crippen molar-refractivity contribution in [3.63, 3.8) is 0 Å². The van der Waals surface area contributed by atoms with E-state index in [0.717, 1.165) is 25.7 Å². The van der Waals surface area contributed by atoms with Gasteiger partial charge in [-0.25, -0.2) is 4.98 Å². The second-order valence-electron chi connectivity index (χ2n) is 7.84. The number of thioether (sulfide) groups is 1. The van der Waals surface area contributed by atoms with Gasteiger partial charge in [-0.2, -0.15) is 0 Å². The zero-order valence-corrected chi connectivity index (χ0v) is 20.4. The second-order valence-corrected chi connectivity index (χ2v) is 8.79. The van der Waals surface area contributed by atoms with E-state index in [1.165, 1.54) is 16.3 Å². The molecule has 33 heavy (non-hydrogen) atoms. The van der Waals surface area contributed by atoms with Crippen molar-refractivity contribution in [3.05, 3.63) is 52.8 Å². The maximum atomic E-state index is 13.4. The molecule has 1 heterocycles. The van der Waals surface area contributed by atoms with Crippen LogP contribution in [-0.4, -0.2) is 41.5 Å². The molecule has 1 atom stereocenters. The Bertz CT molecular complexity index is 1160. The number of para-hydroxylation sites is 1. The predicted octanol–water partition coefficient (Wildman–Crippen LogP) is 4.58. The average molecular weight is 470 g/mol. The molecule has 0 bridgehead atoms. The first kappa shape index (κ1) is 24.6. The molecule has 1 N–H and O–H groups in total. The molecule has 7 nitrogen and oxygen atoms in total. The lowest BCUT2D eigenvalue weighted by atomic mass is 10.1. The van der Waals surface area contributed by atoms with Gasteiger partial charge in [-0.15, -0.1) is 0 Å². The summed E-state index contributed by atoms with van der Waals surface area (Å²) in [6, 6.07) is 12.6. The first-order chi connectivity index (χ1) is 16.0. The van der Waals surface area contributed by atoms with Crippen LogP contribution in [0.1, 0.15) is 39.5 Å². The Morgan fingerprint density at radius 1 is 1.12 bits per heavy atom. The van der Waals surface area contributed by atoms with Crippen molar-refractivity contribution in [2.75, 3.05) is 20.0 Å². The number of carbonyl (C=O) groups is 1. The molecule has 1 amide bonds. The smallest absolute Gasteiger partial charge is 0.266 e. The van der Waals surface area contributed by atoms with Crippen molar-refractivity contribution in [1.29, 1.82) is 0 Å². The molecule has 176 valence electrons. The fourth-order valence-electron chi connectivity index (χ4n) is 3.62. The molecule has 2 aromatic carbocycles. The standard InChI is InChI=1S/C25H31N3O4S/c1-5-6-7-10-17(2)26-23(29)16-33-25-27-20-12-9-8-11-19(20)24(30)28(25)18-13-14-21(31-3)22(15-18)32-4/h8-9,11-15,17H,5-7,10,16H2,1-4H3,(H,26,29). The van der Waals surface area contributed by atoms with Crippen LogP contribution in [0, 0.1) is 0 Å². The number of hydrogen-bond donors (Lipinski definition) is 1. The molecule has 0 radical (unpaired) electrons. The second kappa shape index (κ2) is 11.7. The Morgan fingerprint density at radius 3 is 2.61 bits per heavy atom. The SMILES string of the molecule is CCCCCC(C)NC(=O)CSc1nc2ccccc2c(=O)n1-c1ccc(OC)c(OC)c1. The summed E-state index contributed by atoms with van der Waals surface area (Å²) in [6.07, 6.45) is 4.36. The minimum absolute atomic E-state index is 0.0785. The van der Waals surface area contributed by atoms with E-state index in [1.807, 2.05) is 19.1 Å². The van der Waals surface area contributed by atoms with Crippen LogP contribution in [0.4, 0.5) is 0 Å². The van der Waals surface area contributed by atoms with Gasteiger partial charge in [0.1, 0.15) is 0 Å². The van der Waals surface area contributed by atoms with Crippen molar-refractivity contribution in [2.24, 2.45) is 0 Å². The topological polar surface area (TPSA) is 82.5 Å². The molecule has 0 fully saturated rings. The number of methoxy groups -OCH3 is 2. The molecule has 0 aliphatic rings. The summed E-state index contributed by atoms with van der Waals surface area (Å²) < 4.78 is 12.3. The summed E-state index contributed by atoms with van der Waals surface area (Å²) in [4.78, 5) is 30.7. The molecule has 0 aliphatic heterocycles. The van der Waals surface area contributed by atoms with E-state index in [1.54, 1.807) is 44.6 Å². The lowest BCUT2D eigenvalue weighted by Gasteiger charge is -2.16. The molecule has 8 heteroatoms. The van der Waals surface area contributed by atoms with Gasteiger partial charge in [0.25, 0.3) is 5.56 Å². The normalized spacial score (nSPS) is 11.9. The van der Waals surface area contributed by atoms with Crippen LogP contribution in [0.3, 0.4) is 0 Å². The summed E-state index contributed by atoms with van der Waals surface area (Å²) >= 11 is 1.24. The van der Waals surface area contributed by atoms with Crippen molar-refractivity contribution < 1.29 is 14.3 Å². The van der Waals surface area contributed by atoms with Crippen LogP contribution in [0.5, 0.6) is 11.5 Å². The number of unbranched alkanes of at least 4 members (excludes halogenated alkanes) is 2. The van der Waals surface area contributed by atoms with E-state index in [9.17, 15) is 9.59 Å². The fraction of sp³-hybridized carbons (Fsp3) is 0.400. The largest absolute Gasteiger partial charge is 0.493 e. The van der Waals surface area contributed by atoms with Crippen LogP contribution < -0.4 is 20.3 Å². The summed E-state index contributed by atoms with van der Waals surface area (Å²) in [5.41, 5.74) is 0.977. The van der Waals surface area contributed by atoms with Gasteiger partial charge in [-0.3, -0.25) is 14.2 Å². The number of nitrogens with zero attached hydrogens (tertiary/aromatic N) is 2. The lowest BCUT2D eigenvalue weighted by molar-refractivity contribution is -0.119. The molecular formula is C25H31N3O4S. The van der Waals surface area contributed by atoms with Crippen LogP contribution in [0.2, 0.25) is 0 Å². The maximum absolute atomic E-state index is 13.4. The summed E-state index contributed by atoms with van der Waals surface area (Å²) in [6.45, 7) is 4.18. The highest BCUT2D eigenvalue weighted by Crippen LogP contribution is 2.30. The average Bonchev–Trinajstić information content (AvgIpc) is 2.82. The highest BCUT2D eigenvalue weighted by atomic mass is 32.2. The number of benzene rings is 2. The molecular weight excluding hydrogens is 438 g/mol. The molecule has 1 aromatic heterocycles. The van der Waals surface area contributed by atoms with Gasteiger partial charge >= 0.3 is 0 Å². The van der Waals surface area contributed by atoms with Crippen molar-refractivity contribution in [1.82, 2.24) is 14.9 Å². The molecule has 0 aliphatic carbocycles. The Morgan fingerprint density at radius 2 is 1.88 bits per heavy atom. The number of rotatable bonds is 11. The van der Waals surface area contributed by atoms with Gasteiger partial charge < -0.3 is 14.8 Å². The third kappa shape index (κ3) is 6.07. The first-order valence-corrected chi connectivity index (χ1v) is 12.1. The molecule has 0 saturated carbocycles. The molecule has 3 rings (SSSR count). The van der Waals surface area contributed by atoms with Crippen LogP contribution >= 0.6 is 11.8 Å². The van der Waals surface area contributed by atoms with Crippen molar-refractivity contribution in [3.8, 4) is 17.2 Å². The molecule has 3 aromatic rings. The number of nitrogens with one attached hydrogen (secondary N) is 1. The van der Waals surface area contributed by atoms with Crippen molar-refractivity contribution in [2.45, 2.75) is 50.7 Å². The number of ether oxygens (including phenoxy) is 2. The fourth-order valence-corrected chi connectivity index (χ4v) is 4.44. The zero-order valence-electron chi connectivity index (χ0n) is 19.6. The van der Waals surface area contributed by atoms with Gasteiger partial charge in [0.05, 0.1) is 36.6 Å². The van der Waals surface area contributed by atoms with Gasteiger partial charge in [0.15, 0.2) is 16.7 Å². The third-order valence-corrected chi connectivity index (χ3v) is 6.29. The van der Waals surface area contributed by atoms with Crippen LogP contribution in [0.25, 0.3) is 16.6 Å². The van der Waals surface area contributed by atoms with E-state index in [0.29, 0.717) is 33.2 Å². The van der Waals surface area contributed by atoms with E-state index in [-0.39, 0.29) is 23.3 Å². The zero-order chi connectivity index (χ0) is 23.8. The number of amides is 1. The van der Waals surface area contributed by atoms with Gasteiger partial charge in [-0.05, 0) is 37.6 Å². The maximum Gasteiger partial charge on any atom is 0.266 e. The van der Waals surface area contributed by atoms with E-state index >= 15 is 0 Å². The van der Waals surface area contributed by atoms with E-state index < -0.39 is 0 Å². The number of fused-ring (bicyclic) bond motifs is 1. The Kier molecular flexibility index (Phi) is 8.77.